The van der Waals surface area contributed by atoms with Crippen LogP contribution in [-0.4, -0.2) is 38.5 Å². The summed E-state index contributed by atoms with van der Waals surface area (Å²) in [6, 6.07) is 2.46. The van der Waals surface area contributed by atoms with Crippen LogP contribution < -0.4 is 10.7 Å². The van der Waals surface area contributed by atoms with Gasteiger partial charge in [-0.05, 0) is 38.2 Å². The van der Waals surface area contributed by atoms with Crippen molar-refractivity contribution in [2.24, 2.45) is 5.92 Å². The molecular weight excluding hydrogens is 408 g/mol. The Labute approximate surface area is 176 Å². The number of rotatable bonds is 3. The van der Waals surface area contributed by atoms with Crippen LogP contribution in [0.3, 0.4) is 0 Å². The normalized spacial score (nSPS) is 23.6. The van der Waals surface area contributed by atoms with Gasteiger partial charge in [-0.3, -0.25) is 14.4 Å². The number of piperidine rings is 1. The smallest absolute Gasteiger partial charge is 0.275 e. The van der Waals surface area contributed by atoms with Gasteiger partial charge in [0, 0.05) is 36.5 Å². The average Bonchev–Trinajstić information content (AvgIpc) is 3.36. The second-order valence-corrected chi connectivity index (χ2v) is 8.56. The van der Waals surface area contributed by atoms with E-state index in [4.69, 9.17) is 0 Å². The zero-order valence-electron chi connectivity index (χ0n) is 16.8. The predicted molar refractivity (Wildman–Crippen MR) is 106 cm³/mol. The first kappa shape index (κ1) is 19.7. The maximum absolute atomic E-state index is 14.2. The van der Waals surface area contributed by atoms with E-state index in [0.29, 0.717) is 12.5 Å². The van der Waals surface area contributed by atoms with Gasteiger partial charge in [0.1, 0.15) is 17.2 Å². The molecule has 162 valence electrons. The summed E-state index contributed by atoms with van der Waals surface area (Å²) in [4.78, 5) is 40.1. The number of aromatic hydroxyl groups is 1. The van der Waals surface area contributed by atoms with Gasteiger partial charge in [0.2, 0.25) is 5.43 Å². The van der Waals surface area contributed by atoms with E-state index in [1.165, 1.54) is 23.8 Å². The third-order valence-corrected chi connectivity index (χ3v) is 6.90. The summed E-state index contributed by atoms with van der Waals surface area (Å²) in [7, 11) is 0. The fourth-order valence-electron chi connectivity index (χ4n) is 5.27. The van der Waals surface area contributed by atoms with E-state index in [0.717, 1.165) is 25.3 Å². The van der Waals surface area contributed by atoms with Crippen molar-refractivity contribution in [2.75, 3.05) is 0 Å². The minimum atomic E-state index is -0.948. The van der Waals surface area contributed by atoms with Crippen LogP contribution in [0.5, 0.6) is 5.75 Å². The van der Waals surface area contributed by atoms with Crippen LogP contribution in [0.15, 0.2) is 23.1 Å². The summed E-state index contributed by atoms with van der Waals surface area (Å²) in [5.41, 5.74) is -1.46. The molecule has 0 unspecified atom stereocenters. The van der Waals surface area contributed by atoms with Crippen molar-refractivity contribution in [1.29, 1.82) is 0 Å². The summed E-state index contributed by atoms with van der Waals surface area (Å²) in [6.45, 7) is 1.44. The Balaban J connectivity index is 1.44. The van der Waals surface area contributed by atoms with Crippen LogP contribution in [0, 0.1) is 24.5 Å². The lowest BCUT2D eigenvalue weighted by Crippen LogP contribution is -2.52. The SMILES string of the molecule is Cc1c(F)ccc(CNC(=O)c2cn3c(c(O)c2=O)C(=O)N2[C@H]4CC[C@H](C4)[C@H]2C3)c1F. The molecule has 1 aromatic heterocycles. The van der Waals surface area contributed by atoms with Crippen LogP contribution in [0.2, 0.25) is 0 Å². The zero-order chi connectivity index (χ0) is 22.0. The number of halogens is 2. The number of pyridine rings is 1. The molecular formula is C22H21F2N3O4. The quantitative estimate of drug-likeness (QED) is 0.782. The molecule has 1 saturated carbocycles. The van der Waals surface area contributed by atoms with Gasteiger partial charge in [-0.25, -0.2) is 8.78 Å². The molecule has 1 aliphatic carbocycles. The Hall–Kier alpha value is -3.23. The highest BCUT2D eigenvalue weighted by Gasteiger charge is 2.51. The van der Waals surface area contributed by atoms with Gasteiger partial charge in [-0.15, -0.1) is 0 Å². The number of fused-ring (bicyclic) bond motifs is 6. The Kier molecular flexibility index (Phi) is 4.39. The summed E-state index contributed by atoms with van der Waals surface area (Å²) in [6.07, 6.45) is 4.18. The number of aromatic nitrogens is 1. The van der Waals surface area contributed by atoms with Crippen molar-refractivity contribution in [2.45, 2.75) is 51.4 Å². The molecule has 9 heteroatoms. The Morgan fingerprint density at radius 3 is 2.81 bits per heavy atom. The molecule has 3 aliphatic rings. The average molecular weight is 429 g/mol. The molecule has 2 bridgehead atoms. The fraction of sp³-hybridized carbons (Fsp3) is 0.409. The fourth-order valence-corrected chi connectivity index (χ4v) is 5.27. The van der Waals surface area contributed by atoms with Gasteiger partial charge in [-0.2, -0.15) is 0 Å². The van der Waals surface area contributed by atoms with E-state index < -0.39 is 28.7 Å². The second-order valence-electron chi connectivity index (χ2n) is 8.56. The van der Waals surface area contributed by atoms with Crippen LogP contribution in [0.1, 0.15) is 51.2 Å². The van der Waals surface area contributed by atoms with E-state index in [9.17, 15) is 28.3 Å². The number of amides is 2. The van der Waals surface area contributed by atoms with Crippen molar-refractivity contribution < 1.29 is 23.5 Å². The van der Waals surface area contributed by atoms with Gasteiger partial charge in [0.05, 0.1) is 6.04 Å². The number of hydrogen-bond acceptors (Lipinski definition) is 4. The number of hydrogen-bond donors (Lipinski definition) is 2. The molecule has 1 saturated heterocycles. The monoisotopic (exact) mass is 429 g/mol. The van der Waals surface area contributed by atoms with Gasteiger partial charge >= 0.3 is 0 Å². The lowest BCUT2D eigenvalue weighted by Gasteiger charge is -2.40. The molecule has 2 fully saturated rings. The van der Waals surface area contributed by atoms with E-state index in [1.54, 1.807) is 4.90 Å². The van der Waals surface area contributed by atoms with Crippen LogP contribution >= 0.6 is 0 Å². The van der Waals surface area contributed by atoms with Crippen LogP contribution in [0.25, 0.3) is 0 Å². The van der Waals surface area contributed by atoms with Crippen LogP contribution in [-0.2, 0) is 13.1 Å². The highest BCUT2D eigenvalue weighted by Crippen LogP contribution is 2.45. The molecule has 3 heterocycles. The zero-order valence-corrected chi connectivity index (χ0v) is 16.8. The van der Waals surface area contributed by atoms with Gasteiger partial charge in [-0.1, -0.05) is 6.07 Å². The largest absolute Gasteiger partial charge is 0.503 e. The first-order valence-corrected chi connectivity index (χ1v) is 10.3. The molecule has 0 spiro atoms. The molecule has 7 nitrogen and oxygen atoms in total. The van der Waals surface area contributed by atoms with Gasteiger partial charge in [0.15, 0.2) is 11.4 Å². The highest BCUT2D eigenvalue weighted by atomic mass is 19.1. The third-order valence-electron chi connectivity index (χ3n) is 6.90. The molecule has 2 amide bonds. The standard InChI is InChI=1S/C22H21F2N3O4/c1-10-15(23)5-3-12(17(10)24)7-25-21(30)14-8-26-9-16-11-2-4-13(6-11)27(16)22(31)18(26)20(29)19(14)28/h3,5,8,11,13,16,29H,2,4,6-7,9H2,1H3,(H,25,30)/t11-,13+,16-/m1/s1. The molecule has 2 aromatic rings. The van der Waals surface area contributed by atoms with E-state index in [2.05, 4.69) is 5.32 Å². The molecule has 2 aliphatic heterocycles. The van der Waals surface area contributed by atoms with E-state index in [-0.39, 0.29) is 46.9 Å². The summed E-state index contributed by atoms with van der Waals surface area (Å²) < 4.78 is 29.1. The molecule has 2 N–H and O–H groups in total. The first-order chi connectivity index (χ1) is 14.8. The van der Waals surface area contributed by atoms with Crippen molar-refractivity contribution in [3.05, 3.63) is 62.6 Å². The number of carbonyl (C=O) groups excluding carboxylic acids is 2. The topological polar surface area (TPSA) is 91.6 Å². The van der Waals surface area contributed by atoms with E-state index >= 15 is 0 Å². The Morgan fingerprint density at radius 1 is 1.26 bits per heavy atom. The number of nitrogens with one attached hydrogen (secondary N) is 1. The van der Waals surface area contributed by atoms with Crippen LogP contribution in [0.4, 0.5) is 8.78 Å². The summed E-state index contributed by atoms with van der Waals surface area (Å²) >= 11 is 0. The maximum Gasteiger partial charge on any atom is 0.275 e. The predicted octanol–water partition coefficient (Wildman–Crippen LogP) is 2.08. The Bertz CT molecular complexity index is 1190. The minimum absolute atomic E-state index is 0.00662. The number of benzene rings is 1. The third kappa shape index (κ3) is 2.86. The van der Waals surface area contributed by atoms with E-state index in [1.807, 2.05) is 0 Å². The summed E-state index contributed by atoms with van der Waals surface area (Å²) in [5, 5.41) is 12.9. The van der Waals surface area contributed by atoms with Crippen molar-refractivity contribution >= 4 is 11.8 Å². The molecule has 1 aromatic carbocycles. The molecule has 0 radical (unpaired) electrons. The number of carbonyl (C=O) groups is 2. The number of nitrogens with zero attached hydrogens (tertiary/aromatic N) is 2. The Morgan fingerprint density at radius 2 is 2.03 bits per heavy atom. The minimum Gasteiger partial charge on any atom is -0.503 e. The molecule has 5 rings (SSSR count). The van der Waals surface area contributed by atoms with Gasteiger partial charge in [0.25, 0.3) is 11.8 Å². The lowest BCUT2D eigenvalue weighted by atomic mass is 9.95. The molecule has 31 heavy (non-hydrogen) atoms. The lowest BCUT2D eigenvalue weighted by molar-refractivity contribution is 0.0482. The van der Waals surface area contributed by atoms with Crippen molar-refractivity contribution in [3.8, 4) is 5.75 Å². The maximum atomic E-state index is 14.2. The van der Waals surface area contributed by atoms with Crippen molar-refractivity contribution in [3.63, 3.8) is 0 Å². The first-order valence-electron chi connectivity index (χ1n) is 10.3. The highest BCUT2D eigenvalue weighted by molar-refractivity contribution is 5.99. The van der Waals surface area contributed by atoms with Crippen molar-refractivity contribution in [1.82, 2.24) is 14.8 Å². The summed E-state index contributed by atoms with van der Waals surface area (Å²) in [5.74, 6) is -3.01. The molecule has 3 atom stereocenters. The van der Waals surface area contributed by atoms with Gasteiger partial charge < -0.3 is 19.9 Å². The second kappa shape index (κ2) is 6.90.